The monoisotopic (exact) mass is 320 g/mol. The van der Waals surface area contributed by atoms with Gasteiger partial charge >= 0.3 is 0 Å². The third-order valence-corrected chi connectivity index (χ3v) is 4.42. The Morgan fingerprint density at radius 1 is 1.27 bits per heavy atom. The molecule has 0 saturated carbocycles. The predicted molar refractivity (Wildman–Crippen MR) is 84.2 cm³/mol. The van der Waals surface area contributed by atoms with Crippen LogP contribution in [-0.4, -0.2) is 19.2 Å². The van der Waals surface area contributed by atoms with Gasteiger partial charge in [0, 0.05) is 6.20 Å². The second-order valence-electron chi connectivity index (χ2n) is 4.76. The molecule has 1 N–H and O–H groups in total. The fourth-order valence-electron chi connectivity index (χ4n) is 2.01. The second-order valence-corrected chi connectivity index (χ2v) is 6.63. The Hall–Kier alpha value is -2.05. The van der Waals surface area contributed by atoms with E-state index >= 15 is 0 Å². The van der Waals surface area contributed by atoms with Gasteiger partial charge in [-0.1, -0.05) is 24.3 Å². The molecule has 1 heterocycles. The molecule has 6 heteroatoms. The van der Waals surface area contributed by atoms with E-state index in [0.29, 0.717) is 17.7 Å². The number of nitrogens with zero attached hydrogens (tertiary/aromatic N) is 1. The van der Waals surface area contributed by atoms with Gasteiger partial charge in [-0.05, 0) is 36.2 Å². The lowest BCUT2D eigenvalue weighted by atomic mass is 10.0. The molecule has 2 aromatic rings. The highest BCUT2D eigenvalue weighted by Gasteiger charge is 2.22. The third kappa shape index (κ3) is 4.47. The van der Waals surface area contributed by atoms with E-state index in [2.05, 4.69) is 16.3 Å². The van der Waals surface area contributed by atoms with Gasteiger partial charge in [-0.3, -0.25) is 4.98 Å². The summed E-state index contributed by atoms with van der Waals surface area (Å²) in [5, 5.41) is 0. The molecule has 0 amide bonds. The first kappa shape index (κ1) is 16.3. The Morgan fingerprint density at radius 2 is 2.09 bits per heavy atom. The molecule has 0 aliphatic carbocycles. The average molecular weight is 320 g/mol. The lowest BCUT2D eigenvalue weighted by Gasteiger charge is -2.18. The van der Waals surface area contributed by atoms with Crippen LogP contribution >= 0.6 is 0 Å². The number of hydrogen-bond donors (Lipinski definition) is 1. The molecule has 0 fully saturated rings. The Kier molecular flexibility index (Phi) is 5.41. The molecule has 4 nitrogen and oxygen atoms in total. The van der Waals surface area contributed by atoms with Crippen molar-refractivity contribution in [2.75, 3.05) is 5.75 Å². The Bertz CT molecular complexity index is 733. The summed E-state index contributed by atoms with van der Waals surface area (Å²) in [6.45, 7) is 3.52. The zero-order valence-electron chi connectivity index (χ0n) is 11.9. The summed E-state index contributed by atoms with van der Waals surface area (Å²) in [5.41, 5.74) is 1.01. The van der Waals surface area contributed by atoms with E-state index in [1.165, 1.54) is 18.2 Å². The van der Waals surface area contributed by atoms with Gasteiger partial charge in [-0.15, -0.1) is 6.58 Å². The van der Waals surface area contributed by atoms with Gasteiger partial charge < -0.3 is 0 Å². The Labute approximate surface area is 129 Å². The molecule has 2 rings (SSSR count). The molecule has 1 atom stereocenters. The van der Waals surface area contributed by atoms with Crippen LogP contribution in [0, 0.1) is 5.82 Å². The molecule has 0 radical (unpaired) electrons. The summed E-state index contributed by atoms with van der Waals surface area (Å²) in [7, 11) is -3.54. The van der Waals surface area contributed by atoms with E-state index in [1.807, 2.05) is 0 Å². The van der Waals surface area contributed by atoms with Crippen LogP contribution in [0.3, 0.4) is 0 Å². The fourth-order valence-corrected chi connectivity index (χ4v) is 3.22. The Balaban J connectivity index is 2.37. The predicted octanol–water partition coefficient (Wildman–Crippen LogP) is 2.81. The first-order valence-corrected chi connectivity index (χ1v) is 8.44. The smallest absolute Gasteiger partial charge is 0.212 e. The molecule has 0 aliphatic heterocycles. The molecule has 0 saturated heterocycles. The van der Waals surface area contributed by atoms with Crippen LogP contribution in [-0.2, 0) is 10.0 Å². The topological polar surface area (TPSA) is 59.1 Å². The van der Waals surface area contributed by atoms with Gasteiger partial charge in [0.1, 0.15) is 5.82 Å². The second kappa shape index (κ2) is 7.29. The minimum Gasteiger partial charge on any atom is -0.259 e. The summed E-state index contributed by atoms with van der Waals surface area (Å²) in [6.07, 6.45) is 3.45. The zero-order valence-corrected chi connectivity index (χ0v) is 12.8. The lowest BCUT2D eigenvalue weighted by molar-refractivity contribution is 0.567. The van der Waals surface area contributed by atoms with Crippen LogP contribution in [0.1, 0.15) is 23.7 Å². The highest BCUT2D eigenvalue weighted by atomic mass is 32.2. The highest BCUT2D eigenvalue weighted by molar-refractivity contribution is 7.89. The molecular formula is C16H17FN2O2S. The summed E-state index contributed by atoms with van der Waals surface area (Å²) < 4.78 is 40.4. The molecule has 0 bridgehead atoms. The maximum Gasteiger partial charge on any atom is 0.212 e. The molecule has 116 valence electrons. The van der Waals surface area contributed by atoms with E-state index in [-0.39, 0.29) is 5.75 Å². The molecule has 22 heavy (non-hydrogen) atoms. The number of hydrogen-bond acceptors (Lipinski definition) is 3. The number of rotatable bonds is 7. The number of nitrogens with one attached hydrogen (secondary N) is 1. The SMILES string of the molecule is C=CCCS(=O)(=O)NC(c1cccc(F)c1)c1ccccn1. The number of aromatic nitrogens is 1. The molecule has 0 spiro atoms. The van der Waals surface area contributed by atoms with E-state index in [1.54, 1.807) is 36.5 Å². The van der Waals surface area contributed by atoms with Crippen molar-refractivity contribution in [1.29, 1.82) is 0 Å². The molecular weight excluding hydrogens is 303 g/mol. The number of sulfonamides is 1. The van der Waals surface area contributed by atoms with E-state index in [4.69, 9.17) is 0 Å². The molecule has 1 aromatic heterocycles. The number of allylic oxidation sites excluding steroid dienone is 1. The van der Waals surface area contributed by atoms with Gasteiger partial charge in [0.2, 0.25) is 10.0 Å². The minimum absolute atomic E-state index is 0.0743. The summed E-state index contributed by atoms with van der Waals surface area (Å²) >= 11 is 0. The zero-order chi connectivity index (χ0) is 16.0. The first-order valence-electron chi connectivity index (χ1n) is 6.79. The fraction of sp³-hybridized carbons (Fsp3) is 0.188. The van der Waals surface area contributed by atoms with Crippen LogP contribution in [0.15, 0.2) is 61.3 Å². The van der Waals surface area contributed by atoms with Crippen LogP contribution in [0.5, 0.6) is 0 Å². The van der Waals surface area contributed by atoms with Crippen molar-refractivity contribution < 1.29 is 12.8 Å². The van der Waals surface area contributed by atoms with Gasteiger partial charge in [0.25, 0.3) is 0 Å². The van der Waals surface area contributed by atoms with Crippen molar-refractivity contribution in [3.05, 3.63) is 78.4 Å². The first-order chi connectivity index (χ1) is 10.5. The lowest BCUT2D eigenvalue weighted by Crippen LogP contribution is -2.31. The summed E-state index contributed by atoms with van der Waals surface area (Å²) in [5.74, 6) is -0.501. The van der Waals surface area contributed by atoms with Crippen molar-refractivity contribution in [3.63, 3.8) is 0 Å². The van der Waals surface area contributed by atoms with E-state index in [0.717, 1.165) is 0 Å². The van der Waals surface area contributed by atoms with Crippen LogP contribution in [0.4, 0.5) is 4.39 Å². The quantitative estimate of drug-likeness (QED) is 0.798. The van der Waals surface area contributed by atoms with E-state index < -0.39 is 21.9 Å². The van der Waals surface area contributed by atoms with Crippen molar-refractivity contribution in [3.8, 4) is 0 Å². The number of pyridine rings is 1. The molecule has 0 aliphatic rings. The molecule has 1 aromatic carbocycles. The van der Waals surface area contributed by atoms with Gasteiger partial charge in [0.05, 0.1) is 17.5 Å². The summed E-state index contributed by atoms with van der Waals surface area (Å²) in [4.78, 5) is 4.18. The number of halogens is 1. The van der Waals surface area contributed by atoms with Gasteiger partial charge in [0.15, 0.2) is 0 Å². The number of benzene rings is 1. The maximum absolute atomic E-state index is 13.5. The summed E-state index contributed by atoms with van der Waals surface area (Å²) in [6, 6.07) is 10.3. The highest BCUT2D eigenvalue weighted by Crippen LogP contribution is 2.22. The molecule has 1 unspecified atom stereocenters. The minimum atomic E-state index is -3.54. The van der Waals surface area contributed by atoms with Crippen molar-refractivity contribution in [1.82, 2.24) is 9.71 Å². The Morgan fingerprint density at radius 3 is 2.73 bits per heavy atom. The standard InChI is InChI=1S/C16H17FN2O2S/c1-2-3-11-22(20,21)19-16(15-9-4-5-10-18-15)13-7-6-8-14(17)12-13/h2,4-10,12,16,19H,1,3,11H2. The van der Waals surface area contributed by atoms with E-state index in [9.17, 15) is 12.8 Å². The van der Waals surface area contributed by atoms with Crippen molar-refractivity contribution >= 4 is 10.0 Å². The van der Waals surface area contributed by atoms with Crippen molar-refractivity contribution in [2.45, 2.75) is 12.5 Å². The average Bonchev–Trinajstić information content (AvgIpc) is 2.52. The van der Waals surface area contributed by atoms with Crippen LogP contribution in [0.25, 0.3) is 0 Å². The van der Waals surface area contributed by atoms with Crippen LogP contribution < -0.4 is 4.72 Å². The van der Waals surface area contributed by atoms with Crippen molar-refractivity contribution in [2.24, 2.45) is 0 Å². The largest absolute Gasteiger partial charge is 0.259 e. The third-order valence-electron chi connectivity index (χ3n) is 3.05. The van der Waals surface area contributed by atoms with Crippen LogP contribution in [0.2, 0.25) is 0 Å². The maximum atomic E-state index is 13.5. The van der Waals surface area contributed by atoms with Gasteiger partial charge in [-0.25, -0.2) is 17.5 Å². The van der Waals surface area contributed by atoms with Gasteiger partial charge in [-0.2, -0.15) is 0 Å². The normalized spacial score (nSPS) is 12.8.